The van der Waals surface area contributed by atoms with E-state index in [0.717, 1.165) is 23.6 Å². The van der Waals surface area contributed by atoms with E-state index < -0.39 is 0 Å². The van der Waals surface area contributed by atoms with Gasteiger partial charge in [0.15, 0.2) is 0 Å². The van der Waals surface area contributed by atoms with Gasteiger partial charge in [-0.05, 0) is 71.6 Å². The highest BCUT2D eigenvalue weighted by atomic mass is 79.9. The fourth-order valence-corrected chi connectivity index (χ4v) is 3.94. The van der Waals surface area contributed by atoms with Crippen molar-refractivity contribution in [1.82, 2.24) is 5.32 Å². The second kappa shape index (κ2) is 7.08. The van der Waals surface area contributed by atoms with E-state index in [4.69, 9.17) is 11.6 Å². The summed E-state index contributed by atoms with van der Waals surface area (Å²) in [5.74, 6) is 0. The molecule has 1 unspecified atom stereocenters. The van der Waals surface area contributed by atoms with Gasteiger partial charge in [0.1, 0.15) is 0 Å². The molecule has 4 heteroatoms. The van der Waals surface area contributed by atoms with Crippen molar-refractivity contribution in [3.8, 4) is 0 Å². The van der Waals surface area contributed by atoms with Crippen LogP contribution in [0.3, 0.4) is 0 Å². The number of halogens is 2. The summed E-state index contributed by atoms with van der Waals surface area (Å²) in [6.07, 6.45) is 1.12. The standard InChI is InChI=1S/C16H19BrClNS/c1-4-7-19-15(14-9-11(3)16(17)20-14)12-5-6-13(18)10(2)8-12/h5-6,8-9,15,19H,4,7H2,1-3H3. The molecule has 0 bridgehead atoms. The van der Waals surface area contributed by atoms with E-state index in [9.17, 15) is 0 Å². The average molecular weight is 373 g/mol. The second-order valence-electron chi connectivity index (χ2n) is 5.00. The highest BCUT2D eigenvalue weighted by Gasteiger charge is 2.17. The first-order valence-electron chi connectivity index (χ1n) is 6.78. The lowest BCUT2D eigenvalue weighted by Gasteiger charge is -2.18. The van der Waals surface area contributed by atoms with Crippen LogP contribution in [-0.4, -0.2) is 6.54 Å². The summed E-state index contributed by atoms with van der Waals surface area (Å²) < 4.78 is 1.21. The van der Waals surface area contributed by atoms with Crippen molar-refractivity contribution in [3.63, 3.8) is 0 Å². The van der Waals surface area contributed by atoms with Gasteiger partial charge in [-0.1, -0.05) is 30.7 Å². The Kier molecular flexibility index (Phi) is 5.67. The SMILES string of the molecule is CCCNC(c1ccc(Cl)c(C)c1)c1cc(C)c(Br)s1. The molecule has 2 rings (SSSR count). The molecule has 1 heterocycles. The van der Waals surface area contributed by atoms with Crippen LogP contribution in [0, 0.1) is 13.8 Å². The Bertz CT molecular complexity index is 575. The maximum Gasteiger partial charge on any atom is 0.0731 e. The zero-order chi connectivity index (χ0) is 14.7. The van der Waals surface area contributed by atoms with Crippen LogP contribution < -0.4 is 5.32 Å². The molecule has 0 fully saturated rings. The quantitative estimate of drug-likeness (QED) is 0.692. The molecule has 0 saturated heterocycles. The number of hydrogen-bond acceptors (Lipinski definition) is 2. The molecule has 1 aromatic heterocycles. The minimum Gasteiger partial charge on any atom is -0.306 e. The van der Waals surface area contributed by atoms with Gasteiger partial charge in [0, 0.05) is 9.90 Å². The fraction of sp³-hybridized carbons (Fsp3) is 0.375. The third-order valence-electron chi connectivity index (χ3n) is 3.27. The van der Waals surface area contributed by atoms with E-state index in [-0.39, 0.29) is 6.04 Å². The summed E-state index contributed by atoms with van der Waals surface area (Å²) in [6.45, 7) is 7.38. The van der Waals surface area contributed by atoms with Gasteiger partial charge in [0.05, 0.1) is 9.83 Å². The molecule has 1 aromatic carbocycles. The van der Waals surface area contributed by atoms with Crippen LogP contribution in [0.4, 0.5) is 0 Å². The third-order valence-corrected chi connectivity index (χ3v) is 5.90. The maximum absolute atomic E-state index is 6.14. The van der Waals surface area contributed by atoms with Crippen LogP contribution in [0.2, 0.25) is 5.02 Å². The van der Waals surface area contributed by atoms with E-state index in [0.29, 0.717) is 0 Å². The fourth-order valence-electron chi connectivity index (χ4n) is 2.14. The summed E-state index contributed by atoms with van der Waals surface area (Å²) in [5, 5.41) is 4.46. The first-order valence-corrected chi connectivity index (χ1v) is 8.77. The molecule has 1 N–H and O–H groups in total. The molecule has 0 radical (unpaired) electrons. The van der Waals surface area contributed by atoms with Gasteiger partial charge in [-0.3, -0.25) is 0 Å². The first kappa shape index (κ1) is 16.0. The molecule has 20 heavy (non-hydrogen) atoms. The van der Waals surface area contributed by atoms with Gasteiger partial charge in [-0.2, -0.15) is 0 Å². The molecular formula is C16H19BrClNS. The van der Waals surface area contributed by atoms with Crippen LogP contribution in [0.15, 0.2) is 28.1 Å². The third kappa shape index (κ3) is 3.64. The molecule has 0 aliphatic carbocycles. The van der Waals surface area contributed by atoms with Crippen molar-refractivity contribution < 1.29 is 0 Å². The van der Waals surface area contributed by atoms with Crippen LogP contribution in [0.25, 0.3) is 0 Å². The van der Waals surface area contributed by atoms with E-state index >= 15 is 0 Å². The van der Waals surface area contributed by atoms with Gasteiger partial charge in [0.25, 0.3) is 0 Å². The van der Waals surface area contributed by atoms with Gasteiger partial charge in [0.2, 0.25) is 0 Å². The molecule has 0 amide bonds. The Hall–Kier alpha value is -0.350. The molecular weight excluding hydrogens is 354 g/mol. The molecule has 1 atom stereocenters. The zero-order valence-electron chi connectivity index (χ0n) is 12.0. The molecule has 0 aliphatic rings. The van der Waals surface area contributed by atoms with Crippen molar-refractivity contribution in [2.45, 2.75) is 33.2 Å². The summed E-state index contributed by atoms with van der Waals surface area (Å²) in [5.41, 5.74) is 3.69. The summed E-state index contributed by atoms with van der Waals surface area (Å²) in [7, 11) is 0. The minimum absolute atomic E-state index is 0.237. The lowest BCUT2D eigenvalue weighted by atomic mass is 10.0. The number of benzene rings is 1. The largest absolute Gasteiger partial charge is 0.306 e. The summed E-state index contributed by atoms with van der Waals surface area (Å²) in [4.78, 5) is 1.34. The van der Waals surface area contributed by atoms with Crippen LogP contribution in [-0.2, 0) is 0 Å². The molecule has 0 aliphatic heterocycles. The Labute approximate surface area is 138 Å². The van der Waals surface area contributed by atoms with E-state index in [1.165, 1.54) is 19.8 Å². The average Bonchev–Trinajstić information content (AvgIpc) is 2.74. The van der Waals surface area contributed by atoms with E-state index in [2.05, 4.69) is 60.2 Å². The molecule has 0 saturated carbocycles. The van der Waals surface area contributed by atoms with Gasteiger partial charge < -0.3 is 5.32 Å². The van der Waals surface area contributed by atoms with E-state index in [1.54, 1.807) is 11.3 Å². The minimum atomic E-state index is 0.237. The van der Waals surface area contributed by atoms with Crippen molar-refractivity contribution in [2.24, 2.45) is 0 Å². The van der Waals surface area contributed by atoms with E-state index in [1.807, 2.05) is 6.07 Å². The summed E-state index contributed by atoms with van der Waals surface area (Å²) >= 11 is 11.6. The van der Waals surface area contributed by atoms with Crippen molar-refractivity contribution in [3.05, 3.63) is 54.6 Å². The second-order valence-corrected chi connectivity index (χ2v) is 7.81. The topological polar surface area (TPSA) is 12.0 Å². The smallest absolute Gasteiger partial charge is 0.0731 e. The Morgan fingerprint density at radius 1 is 1.25 bits per heavy atom. The Morgan fingerprint density at radius 3 is 2.55 bits per heavy atom. The molecule has 1 nitrogen and oxygen atoms in total. The van der Waals surface area contributed by atoms with Gasteiger partial charge in [-0.15, -0.1) is 11.3 Å². The molecule has 0 spiro atoms. The lowest BCUT2D eigenvalue weighted by Crippen LogP contribution is -2.22. The Balaban J connectivity index is 2.38. The molecule has 108 valence electrons. The predicted octanol–water partition coefficient (Wildman–Crippen LogP) is 5.87. The van der Waals surface area contributed by atoms with Gasteiger partial charge in [-0.25, -0.2) is 0 Å². The van der Waals surface area contributed by atoms with Gasteiger partial charge >= 0.3 is 0 Å². The zero-order valence-corrected chi connectivity index (χ0v) is 15.1. The number of thiophene rings is 1. The highest BCUT2D eigenvalue weighted by molar-refractivity contribution is 9.11. The monoisotopic (exact) mass is 371 g/mol. The maximum atomic E-state index is 6.14. The van der Waals surface area contributed by atoms with Crippen LogP contribution >= 0.6 is 38.9 Å². The number of hydrogen-bond donors (Lipinski definition) is 1. The lowest BCUT2D eigenvalue weighted by molar-refractivity contribution is 0.605. The number of rotatable bonds is 5. The van der Waals surface area contributed by atoms with Crippen molar-refractivity contribution in [1.29, 1.82) is 0 Å². The van der Waals surface area contributed by atoms with Crippen molar-refractivity contribution in [2.75, 3.05) is 6.54 Å². The van der Waals surface area contributed by atoms with Crippen molar-refractivity contribution >= 4 is 38.9 Å². The molecule has 2 aromatic rings. The van der Waals surface area contributed by atoms with Crippen LogP contribution in [0.1, 0.15) is 41.0 Å². The first-order chi connectivity index (χ1) is 9.52. The normalized spacial score (nSPS) is 12.7. The Morgan fingerprint density at radius 2 is 2.00 bits per heavy atom. The summed E-state index contributed by atoms with van der Waals surface area (Å²) in [6, 6.07) is 8.78. The van der Waals surface area contributed by atoms with Crippen LogP contribution in [0.5, 0.6) is 0 Å². The highest BCUT2D eigenvalue weighted by Crippen LogP contribution is 2.35. The predicted molar refractivity (Wildman–Crippen MR) is 93.1 cm³/mol. The number of aryl methyl sites for hydroxylation is 2. The number of nitrogens with one attached hydrogen (secondary N) is 1.